The molecule has 1 amide bonds. The molecule has 2 aromatic rings. The molecule has 25 heavy (non-hydrogen) atoms. The summed E-state index contributed by atoms with van der Waals surface area (Å²) in [6.07, 6.45) is 2.62. The second-order valence-electron chi connectivity index (χ2n) is 6.91. The number of nitrogens with zero attached hydrogens (tertiary/aromatic N) is 2. The van der Waals surface area contributed by atoms with Crippen molar-refractivity contribution in [3.63, 3.8) is 0 Å². The molecule has 1 fully saturated rings. The van der Waals surface area contributed by atoms with Gasteiger partial charge in [-0.25, -0.2) is 4.98 Å². The molecular formula is C20H26N4O. The number of aromatic nitrogens is 1. The van der Waals surface area contributed by atoms with Crippen molar-refractivity contribution in [1.82, 2.24) is 15.2 Å². The van der Waals surface area contributed by atoms with E-state index < -0.39 is 0 Å². The molecule has 0 radical (unpaired) electrons. The molecule has 5 heteroatoms. The van der Waals surface area contributed by atoms with Gasteiger partial charge in [-0.3, -0.25) is 9.69 Å². The Morgan fingerprint density at radius 3 is 2.72 bits per heavy atom. The first kappa shape index (κ1) is 17.4. The molecule has 0 aliphatic carbocycles. The maximum absolute atomic E-state index is 12.4. The number of hydrogen-bond donors (Lipinski definition) is 2. The fourth-order valence-corrected chi connectivity index (χ4v) is 3.11. The van der Waals surface area contributed by atoms with Crippen molar-refractivity contribution in [2.45, 2.75) is 38.9 Å². The van der Waals surface area contributed by atoms with Crippen LogP contribution in [0.15, 0.2) is 48.7 Å². The molecule has 132 valence electrons. The summed E-state index contributed by atoms with van der Waals surface area (Å²) in [5.41, 5.74) is 1.92. The molecule has 1 aliphatic heterocycles. The summed E-state index contributed by atoms with van der Waals surface area (Å²) in [6, 6.07) is 14.6. The van der Waals surface area contributed by atoms with Crippen molar-refractivity contribution in [1.29, 1.82) is 0 Å². The van der Waals surface area contributed by atoms with Crippen LogP contribution in [0.5, 0.6) is 0 Å². The van der Waals surface area contributed by atoms with Gasteiger partial charge in [0.05, 0.1) is 5.56 Å². The molecule has 5 nitrogen and oxygen atoms in total. The third-order valence-electron chi connectivity index (χ3n) is 4.32. The maximum Gasteiger partial charge on any atom is 0.253 e. The van der Waals surface area contributed by atoms with Crippen molar-refractivity contribution in [3.05, 3.63) is 59.8 Å². The zero-order chi connectivity index (χ0) is 17.6. The number of hydrogen-bond acceptors (Lipinski definition) is 4. The first-order valence-corrected chi connectivity index (χ1v) is 8.90. The summed E-state index contributed by atoms with van der Waals surface area (Å²) in [4.78, 5) is 19.1. The Hall–Kier alpha value is -2.40. The average molecular weight is 338 g/mol. The van der Waals surface area contributed by atoms with Crippen molar-refractivity contribution < 1.29 is 4.79 Å². The molecule has 3 rings (SSSR count). The number of carbonyl (C=O) groups is 1. The Kier molecular flexibility index (Phi) is 5.66. The van der Waals surface area contributed by atoms with Crippen molar-refractivity contribution in [2.24, 2.45) is 0 Å². The van der Waals surface area contributed by atoms with Gasteiger partial charge in [-0.15, -0.1) is 0 Å². The molecule has 0 spiro atoms. The van der Waals surface area contributed by atoms with Gasteiger partial charge in [0.15, 0.2) is 0 Å². The fraction of sp³-hybridized carbons (Fsp3) is 0.400. The Balaban J connectivity index is 1.50. The lowest BCUT2D eigenvalue weighted by molar-refractivity contribution is 0.0937. The molecule has 1 aliphatic rings. The van der Waals surface area contributed by atoms with Crippen LogP contribution in [-0.4, -0.2) is 41.0 Å². The second kappa shape index (κ2) is 8.12. The molecule has 1 atom stereocenters. The van der Waals surface area contributed by atoms with Gasteiger partial charge in [0.2, 0.25) is 0 Å². The van der Waals surface area contributed by atoms with E-state index >= 15 is 0 Å². The summed E-state index contributed by atoms with van der Waals surface area (Å²) < 4.78 is 0. The topological polar surface area (TPSA) is 57.3 Å². The largest absolute Gasteiger partial charge is 0.368 e. The molecule has 1 unspecified atom stereocenters. The normalized spacial score (nSPS) is 17.6. The molecule has 0 bridgehead atoms. The maximum atomic E-state index is 12.4. The van der Waals surface area contributed by atoms with Crippen molar-refractivity contribution in [3.8, 4) is 0 Å². The zero-order valence-electron chi connectivity index (χ0n) is 14.9. The van der Waals surface area contributed by atoms with Crippen LogP contribution in [0.3, 0.4) is 0 Å². The average Bonchev–Trinajstić information content (AvgIpc) is 3.02. The van der Waals surface area contributed by atoms with E-state index in [2.05, 4.69) is 58.6 Å². The van der Waals surface area contributed by atoms with Crippen LogP contribution in [0.4, 0.5) is 5.82 Å². The lowest BCUT2D eigenvalue weighted by Gasteiger charge is -2.17. The van der Waals surface area contributed by atoms with E-state index in [1.807, 2.05) is 18.2 Å². The third-order valence-corrected chi connectivity index (χ3v) is 4.32. The van der Waals surface area contributed by atoms with Crippen LogP contribution in [0, 0.1) is 0 Å². The predicted octanol–water partition coefficient (Wildman–Crippen LogP) is 2.91. The number of benzene rings is 1. The highest BCUT2D eigenvalue weighted by molar-refractivity contribution is 5.94. The van der Waals surface area contributed by atoms with Crippen LogP contribution in [-0.2, 0) is 6.54 Å². The van der Waals surface area contributed by atoms with Gasteiger partial charge < -0.3 is 10.6 Å². The SMILES string of the molecule is CC(C)Nc1ccc(C(=O)NC2CCN(Cc3ccccc3)C2)cn1. The molecule has 1 aromatic heterocycles. The number of anilines is 1. The molecule has 1 saturated heterocycles. The van der Waals surface area contributed by atoms with Gasteiger partial charge in [0, 0.05) is 37.9 Å². The zero-order valence-corrected chi connectivity index (χ0v) is 14.9. The van der Waals surface area contributed by atoms with Crippen LogP contribution in [0.2, 0.25) is 0 Å². The quantitative estimate of drug-likeness (QED) is 0.850. The number of likely N-dealkylation sites (tertiary alicyclic amines) is 1. The Morgan fingerprint density at radius 2 is 2.04 bits per heavy atom. The molecule has 1 aromatic carbocycles. The second-order valence-corrected chi connectivity index (χ2v) is 6.91. The van der Waals surface area contributed by atoms with Gasteiger partial charge in [-0.2, -0.15) is 0 Å². The summed E-state index contributed by atoms with van der Waals surface area (Å²) in [6.45, 7) is 6.95. The summed E-state index contributed by atoms with van der Waals surface area (Å²) in [7, 11) is 0. The van der Waals surface area contributed by atoms with E-state index in [1.54, 1.807) is 6.20 Å². The van der Waals surface area contributed by atoms with Crippen LogP contribution in [0.25, 0.3) is 0 Å². The fourth-order valence-electron chi connectivity index (χ4n) is 3.11. The van der Waals surface area contributed by atoms with Gasteiger partial charge in [-0.1, -0.05) is 30.3 Å². The van der Waals surface area contributed by atoms with Crippen molar-refractivity contribution >= 4 is 11.7 Å². The van der Waals surface area contributed by atoms with E-state index in [9.17, 15) is 4.79 Å². The summed E-state index contributed by atoms with van der Waals surface area (Å²) in [5, 5.41) is 6.35. The smallest absolute Gasteiger partial charge is 0.253 e. The predicted molar refractivity (Wildman–Crippen MR) is 101 cm³/mol. The lowest BCUT2D eigenvalue weighted by Crippen LogP contribution is -2.37. The number of pyridine rings is 1. The van der Waals surface area contributed by atoms with Crippen LogP contribution in [0.1, 0.15) is 36.2 Å². The standard InChI is InChI=1S/C20H26N4O/c1-15(2)22-19-9-8-17(12-21-19)20(25)23-18-10-11-24(14-18)13-16-6-4-3-5-7-16/h3-9,12,15,18H,10-11,13-14H2,1-2H3,(H,21,22)(H,23,25). The number of nitrogens with one attached hydrogen (secondary N) is 2. The molecule has 2 heterocycles. The minimum Gasteiger partial charge on any atom is -0.368 e. The minimum absolute atomic E-state index is 0.0461. The number of rotatable bonds is 6. The Labute approximate surface area is 149 Å². The van der Waals surface area contributed by atoms with Gasteiger partial charge in [-0.05, 0) is 38.0 Å². The van der Waals surface area contributed by atoms with E-state index in [0.717, 1.165) is 31.9 Å². The summed E-state index contributed by atoms with van der Waals surface area (Å²) >= 11 is 0. The van der Waals surface area contributed by atoms with E-state index in [4.69, 9.17) is 0 Å². The first-order chi connectivity index (χ1) is 12.1. The summed E-state index contributed by atoms with van der Waals surface area (Å²) in [5.74, 6) is 0.747. The van der Waals surface area contributed by atoms with Crippen molar-refractivity contribution in [2.75, 3.05) is 18.4 Å². The Morgan fingerprint density at radius 1 is 1.24 bits per heavy atom. The third kappa shape index (κ3) is 5.03. The van der Waals surface area contributed by atoms with E-state index in [0.29, 0.717) is 11.6 Å². The van der Waals surface area contributed by atoms with Gasteiger partial charge in [0.1, 0.15) is 5.82 Å². The molecule has 2 N–H and O–H groups in total. The van der Waals surface area contributed by atoms with E-state index in [-0.39, 0.29) is 11.9 Å². The van der Waals surface area contributed by atoms with E-state index in [1.165, 1.54) is 5.56 Å². The monoisotopic (exact) mass is 338 g/mol. The van der Waals surface area contributed by atoms with Crippen LogP contribution < -0.4 is 10.6 Å². The number of carbonyl (C=O) groups excluding carboxylic acids is 1. The highest BCUT2D eigenvalue weighted by Gasteiger charge is 2.24. The van der Waals surface area contributed by atoms with Crippen LogP contribution >= 0.6 is 0 Å². The minimum atomic E-state index is -0.0461. The highest BCUT2D eigenvalue weighted by atomic mass is 16.1. The molecular weight excluding hydrogens is 312 g/mol. The van der Waals surface area contributed by atoms with Gasteiger partial charge in [0.25, 0.3) is 5.91 Å². The Bertz CT molecular complexity index is 685. The lowest BCUT2D eigenvalue weighted by atomic mass is 10.2. The van der Waals surface area contributed by atoms with Gasteiger partial charge >= 0.3 is 0 Å². The molecule has 0 saturated carbocycles. The first-order valence-electron chi connectivity index (χ1n) is 8.90. The number of amides is 1. The highest BCUT2D eigenvalue weighted by Crippen LogP contribution is 2.14.